The smallest absolute Gasteiger partial charge is 0.274 e. The maximum atomic E-state index is 13.1. The van der Waals surface area contributed by atoms with Crippen molar-refractivity contribution >= 4 is 5.91 Å². The number of ether oxygens (including phenoxy) is 1. The lowest BCUT2D eigenvalue weighted by atomic mass is 10.0. The minimum absolute atomic E-state index is 0.0843. The third kappa shape index (κ3) is 2.78. The molecule has 0 spiro atoms. The van der Waals surface area contributed by atoms with Crippen LogP contribution in [-0.2, 0) is 17.7 Å². The number of amides is 1. The molecule has 25 heavy (non-hydrogen) atoms. The number of aromatic amines is 1. The average molecular weight is 345 g/mol. The Hall–Kier alpha value is -1.44. The summed E-state index contributed by atoms with van der Waals surface area (Å²) < 4.78 is 5.87. The van der Waals surface area contributed by atoms with Gasteiger partial charge in [0.2, 0.25) is 0 Å². The van der Waals surface area contributed by atoms with Gasteiger partial charge in [0.1, 0.15) is 0 Å². The van der Waals surface area contributed by atoms with E-state index in [0.29, 0.717) is 17.8 Å². The van der Waals surface area contributed by atoms with Crippen LogP contribution >= 0.6 is 0 Å². The lowest BCUT2D eigenvalue weighted by molar-refractivity contribution is -0.0817. The molecule has 1 N–H and O–H groups in total. The van der Waals surface area contributed by atoms with Crippen LogP contribution in [0.15, 0.2) is 0 Å². The number of hydrogen-bond acceptors (Lipinski definition) is 5. The van der Waals surface area contributed by atoms with Crippen LogP contribution in [0.4, 0.5) is 0 Å². The zero-order valence-corrected chi connectivity index (χ0v) is 14.9. The molecule has 7 heteroatoms. The maximum absolute atomic E-state index is 13.1. The summed E-state index contributed by atoms with van der Waals surface area (Å²) in [5.41, 5.74) is 2.86. The van der Waals surface area contributed by atoms with Gasteiger partial charge in [0.15, 0.2) is 5.69 Å². The summed E-state index contributed by atoms with van der Waals surface area (Å²) in [7, 11) is 2.10. The fourth-order valence-corrected chi connectivity index (χ4v) is 4.70. The number of piperazine rings is 1. The summed E-state index contributed by atoms with van der Waals surface area (Å²) in [6.45, 7) is 5.97. The summed E-state index contributed by atoms with van der Waals surface area (Å²) >= 11 is 0. The van der Waals surface area contributed by atoms with E-state index < -0.39 is 0 Å². The van der Waals surface area contributed by atoms with Crippen molar-refractivity contribution in [1.82, 2.24) is 24.9 Å². The summed E-state index contributed by atoms with van der Waals surface area (Å²) in [5.74, 6) is 0.903. The molecule has 2 saturated heterocycles. The van der Waals surface area contributed by atoms with E-state index in [1.165, 1.54) is 12.8 Å². The number of nitrogens with one attached hydrogen (secondary N) is 1. The van der Waals surface area contributed by atoms with Gasteiger partial charge in [-0.25, -0.2) is 0 Å². The number of fused-ring (bicyclic) bond motifs is 2. The number of carbonyl (C=O) groups excluding carboxylic acids is 1. The number of rotatable bonds is 2. The van der Waals surface area contributed by atoms with Gasteiger partial charge in [-0.1, -0.05) is 0 Å². The molecule has 2 atom stereocenters. The van der Waals surface area contributed by atoms with E-state index in [9.17, 15) is 4.79 Å². The molecule has 1 saturated carbocycles. The lowest BCUT2D eigenvalue weighted by Gasteiger charge is -2.48. The fourth-order valence-electron chi connectivity index (χ4n) is 4.70. The van der Waals surface area contributed by atoms with E-state index in [4.69, 9.17) is 4.74 Å². The Morgan fingerprint density at radius 2 is 2.12 bits per heavy atom. The predicted octanol–water partition coefficient (Wildman–Crippen LogP) is 0.333. The molecule has 3 fully saturated rings. The van der Waals surface area contributed by atoms with E-state index >= 15 is 0 Å². The molecular weight excluding hydrogens is 318 g/mol. The first-order valence-electron chi connectivity index (χ1n) is 9.58. The van der Waals surface area contributed by atoms with Crippen LogP contribution in [0.1, 0.15) is 34.6 Å². The highest BCUT2D eigenvalue weighted by Crippen LogP contribution is 2.38. The van der Waals surface area contributed by atoms with E-state index in [-0.39, 0.29) is 5.91 Å². The second-order valence-corrected chi connectivity index (χ2v) is 8.10. The predicted molar refractivity (Wildman–Crippen MR) is 92.4 cm³/mol. The highest BCUT2D eigenvalue weighted by atomic mass is 16.5. The first-order valence-corrected chi connectivity index (χ1v) is 9.58. The molecular formula is C18H27N5O2. The Kier molecular flexibility index (Phi) is 3.83. The highest BCUT2D eigenvalue weighted by molar-refractivity contribution is 5.94. The average Bonchev–Trinajstić information content (AvgIpc) is 3.40. The first-order chi connectivity index (χ1) is 12.2. The standard InChI is InChI=1S/C18H27N5O2/c1-21-5-4-15-14(9-21)17(20-19-15)18(24)22-6-7-23-13(8-22)10-25-11-16(23)12-2-3-12/h12-13,16H,2-11H2,1H3,(H,19,20)/t13-,16-/m1/s1. The monoisotopic (exact) mass is 345 g/mol. The molecule has 1 aliphatic carbocycles. The fraction of sp³-hybridized carbons (Fsp3) is 0.778. The van der Waals surface area contributed by atoms with Gasteiger partial charge in [-0.05, 0) is 25.8 Å². The van der Waals surface area contributed by atoms with Gasteiger partial charge in [-0.2, -0.15) is 5.10 Å². The summed E-state index contributed by atoms with van der Waals surface area (Å²) in [6.07, 6.45) is 3.62. The molecule has 7 nitrogen and oxygen atoms in total. The van der Waals surface area contributed by atoms with Crippen LogP contribution in [0.5, 0.6) is 0 Å². The van der Waals surface area contributed by atoms with E-state index in [0.717, 1.165) is 69.5 Å². The number of morpholine rings is 1. The normalized spacial score (nSPS) is 30.8. The minimum Gasteiger partial charge on any atom is -0.378 e. The van der Waals surface area contributed by atoms with Crippen LogP contribution in [0.3, 0.4) is 0 Å². The molecule has 0 radical (unpaired) electrons. The molecule has 4 aliphatic rings. The van der Waals surface area contributed by atoms with Crippen LogP contribution in [-0.4, -0.2) is 89.3 Å². The molecule has 0 bridgehead atoms. The maximum Gasteiger partial charge on any atom is 0.274 e. The van der Waals surface area contributed by atoms with Crippen LogP contribution in [0.2, 0.25) is 0 Å². The number of aromatic nitrogens is 2. The van der Waals surface area contributed by atoms with Gasteiger partial charge in [0.05, 0.1) is 19.3 Å². The van der Waals surface area contributed by atoms with Crippen LogP contribution in [0, 0.1) is 5.92 Å². The molecule has 1 aromatic rings. The first kappa shape index (κ1) is 15.8. The van der Waals surface area contributed by atoms with E-state index in [1.54, 1.807) is 0 Å². The van der Waals surface area contributed by atoms with Gasteiger partial charge in [0.25, 0.3) is 5.91 Å². The van der Waals surface area contributed by atoms with Crippen LogP contribution < -0.4 is 0 Å². The van der Waals surface area contributed by atoms with Crippen LogP contribution in [0.25, 0.3) is 0 Å². The minimum atomic E-state index is 0.0843. The van der Waals surface area contributed by atoms with Crippen molar-refractivity contribution in [3.8, 4) is 0 Å². The second kappa shape index (κ2) is 6.07. The molecule has 0 unspecified atom stereocenters. The number of likely N-dealkylation sites (N-methyl/N-ethyl adjacent to an activating group) is 1. The molecule has 4 heterocycles. The zero-order chi connectivity index (χ0) is 17.0. The Balaban J connectivity index is 1.32. The molecule has 1 amide bonds. The largest absolute Gasteiger partial charge is 0.378 e. The van der Waals surface area contributed by atoms with Gasteiger partial charge in [-0.3, -0.25) is 14.8 Å². The highest BCUT2D eigenvalue weighted by Gasteiger charge is 2.44. The molecule has 1 aromatic heterocycles. The molecule has 3 aliphatic heterocycles. The van der Waals surface area contributed by atoms with Gasteiger partial charge < -0.3 is 14.5 Å². The Morgan fingerprint density at radius 1 is 1.24 bits per heavy atom. The zero-order valence-electron chi connectivity index (χ0n) is 14.9. The van der Waals surface area contributed by atoms with Crippen molar-refractivity contribution < 1.29 is 9.53 Å². The van der Waals surface area contributed by atoms with Crippen molar-refractivity contribution in [2.45, 2.75) is 37.9 Å². The SMILES string of the molecule is CN1CCc2[nH]nc(C(=O)N3CCN4[C@@H](COC[C@@H]4C4CC4)C3)c2C1. The van der Waals surface area contributed by atoms with Gasteiger partial charge in [0, 0.05) is 56.4 Å². The summed E-state index contributed by atoms with van der Waals surface area (Å²) in [4.78, 5) is 20.0. The summed E-state index contributed by atoms with van der Waals surface area (Å²) in [6, 6.07) is 0.914. The third-order valence-corrected chi connectivity index (χ3v) is 6.33. The molecule has 136 valence electrons. The van der Waals surface area contributed by atoms with Gasteiger partial charge >= 0.3 is 0 Å². The van der Waals surface area contributed by atoms with E-state index in [2.05, 4.69) is 27.0 Å². The van der Waals surface area contributed by atoms with Crippen molar-refractivity contribution in [3.05, 3.63) is 17.0 Å². The van der Waals surface area contributed by atoms with Crippen molar-refractivity contribution in [1.29, 1.82) is 0 Å². The summed E-state index contributed by atoms with van der Waals surface area (Å²) in [5, 5.41) is 7.47. The number of nitrogens with zero attached hydrogens (tertiary/aromatic N) is 4. The number of H-pyrrole nitrogens is 1. The number of carbonyl (C=O) groups is 1. The van der Waals surface area contributed by atoms with Gasteiger partial charge in [-0.15, -0.1) is 0 Å². The third-order valence-electron chi connectivity index (χ3n) is 6.33. The van der Waals surface area contributed by atoms with Crippen molar-refractivity contribution in [3.63, 3.8) is 0 Å². The molecule has 0 aromatic carbocycles. The van der Waals surface area contributed by atoms with Crippen molar-refractivity contribution in [2.75, 3.05) is 46.4 Å². The van der Waals surface area contributed by atoms with Crippen molar-refractivity contribution in [2.24, 2.45) is 5.92 Å². The number of hydrogen-bond donors (Lipinski definition) is 1. The Morgan fingerprint density at radius 3 is 2.96 bits per heavy atom. The Labute approximate surface area is 148 Å². The quantitative estimate of drug-likeness (QED) is 0.837. The van der Waals surface area contributed by atoms with E-state index in [1.807, 2.05) is 4.90 Å². The molecule has 5 rings (SSSR count). The Bertz CT molecular complexity index is 670. The lowest BCUT2D eigenvalue weighted by Crippen LogP contribution is -2.63. The topological polar surface area (TPSA) is 64.7 Å². The second-order valence-electron chi connectivity index (χ2n) is 8.10.